The first-order chi connectivity index (χ1) is 13.9. The molecule has 1 fully saturated rings. The Morgan fingerprint density at radius 2 is 1.62 bits per heavy atom. The molecule has 0 unspecified atom stereocenters. The quantitative estimate of drug-likeness (QED) is 0.713. The van der Waals surface area contributed by atoms with Crippen molar-refractivity contribution in [2.24, 2.45) is 0 Å². The summed E-state index contributed by atoms with van der Waals surface area (Å²) in [5.41, 5.74) is 2.29. The molecule has 150 valence electrons. The molecule has 1 aromatic heterocycles. The van der Waals surface area contributed by atoms with Crippen LogP contribution < -0.4 is 4.90 Å². The first-order valence-electron chi connectivity index (χ1n) is 9.58. The average Bonchev–Trinajstić information content (AvgIpc) is 2.74. The van der Waals surface area contributed by atoms with Gasteiger partial charge in [0.1, 0.15) is 5.82 Å². The third kappa shape index (κ3) is 4.46. The molecule has 0 radical (unpaired) electrons. The molecule has 6 nitrogen and oxygen atoms in total. The zero-order valence-corrected chi connectivity index (χ0v) is 17.0. The minimum Gasteiger partial charge on any atom is -0.393 e. The van der Waals surface area contributed by atoms with Crippen molar-refractivity contribution in [2.75, 3.05) is 24.2 Å². The summed E-state index contributed by atoms with van der Waals surface area (Å²) in [6, 6.07) is 18.4. The van der Waals surface area contributed by atoms with Gasteiger partial charge in [0, 0.05) is 36.5 Å². The van der Waals surface area contributed by atoms with Gasteiger partial charge in [-0.1, -0.05) is 42.5 Å². The van der Waals surface area contributed by atoms with Crippen LogP contribution in [0.4, 0.5) is 5.82 Å². The standard InChI is InChI=1S/C22H23N3O3S/c1-29(27,28)19-9-5-8-17(14-19)20-15-21(25-12-10-18(26)11-13-25)24-22(23-20)16-6-3-2-4-7-16/h2-9,14-15,18,26H,10-13H2,1H3. The van der Waals surface area contributed by atoms with Crippen molar-refractivity contribution < 1.29 is 13.5 Å². The van der Waals surface area contributed by atoms with Crippen LogP contribution in [0.25, 0.3) is 22.6 Å². The van der Waals surface area contributed by atoms with E-state index < -0.39 is 9.84 Å². The van der Waals surface area contributed by atoms with E-state index in [0.29, 0.717) is 24.4 Å². The zero-order valence-electron chi connectivity index (χ0n) is 16.2. The summed E-state index contributed by atoms with van der Waals surface area (Å²) in [6.07, 6.45) is 2.33. The Bertz CT molecular complexity index is 1110. The van der Waals surface area contributed by atoms with Gasteiger partial charge in [-0.3, -0.25) is 0 Å². The van der Waals surface area contributed by atoms with Gasteiger partial charge in [0.15, 0.2) is 15.7 Å². The highest BCUT2D eigenvalue weighted by molar-refractivity contribution is 7.90. The number of aliphatic hydroxyl groups is 1. The van der Waals surface area contributed by atoms with Crippen LogP contribution in [0.15, 0.2) is 65.6 Å². The highest BCUT2D eigenvalue weighted by Gasteiger charge is 2.20. The van der Waals surface area contributed by atoms with Crippen LogP contribution >= 0.6 is 0 Å². The van der Waals surface area contributed by atoms with Gasteiger partial charge in [-0.25, -0.2) is 18.4 Å². The molecule has 0 saturated carbocycles. The second-order valence-corrected chi connectivity index (χ2v) is 9.33. The molecule has 2 aromatic carbocycles. The molecule has 3 aromatic rings. The monoisotopic (exact) mass is 409 g/mol. The maximum absolute atomic E-state index is 12.0. The lowest BCUT2D eigenvalue weighted by atomic mass is 10.1. The predicted octanol–water partition coefficient (Wildman–Crippen LogP) is 3.18. The number of rotatable bonds is 4. The molecule has 1 aliphatic rings. The summed E-state index contributed by atoms with van der Waals surface area (Å²) in [5.74, 6) is 1.37. The molecule has 0 bridgehead atoms. The van der Waals surface area contributed by atoms with E-state index >= 15 is 0 Å². The van der Waals surface area contributed by atoms with Crippen molar-refractivity contribution in [2.45, 2.75) is 23.8 Å². The number of anilines is 1. The number of nitrogens with zero attached hydrogens (tertiary/aromatic N) is 3. The second-order valence-electron chi connectivity index (χ2n) is 7.32. The van der Waals surface area contributed by atoms with Gasteiger partial charge in [-0.05, 0) is 25.0 Å². The van der Waals surface area contributed by atoms with Gasteiger partial charge in [0.25, 0.3) is 0 Å². The van der Waals surface area contributed by atoms with Gasteiger partial charge in [-0.15, -0.1) is 0 Å². The Morgan fingerprint density at radius 3 is 2.31 bits per heavy atom. The number of hydrogen-bond acceptors (Lipinski definition) is 6. The van der Waals surface area contributed by atoms with Crippen molar-refractivity contribution >= 4 is 15.7 Å². The van der Waals surface area contributed by atoms with Crippen LogP contribution in [0.5, 0.6) is 0 Å². The normalized spacial score (nSPS) is 15.4. The molecule has 0 amide bonds. The van der Waals surface area contributed by atoms with Crippen LogP contribution in [0.3, 0.4) is 0 Å². The molecule has 0 atom stereocenters. The summed E-state index contributed by atoms with van der Waals surface area (Å²) in [6.45, 7) is 1.43. The molecule has 4 rings (SSSR count). The SMILES string of the molecule is CS(=O)(=O)c1cccc(-c2cc(N3CCC(O)CC3)nc(-c3ccccc3)n2)c1. The molecule has 0 aliphatic carbocycles. The van der Waals surface area contributed by atoms with E-state index in [9.17, 15) is 13.5 Å². The van der Waals surface area contributed by atoms with E-state index in [-0.39, 0.29) is 11.0 Å². The van der Waals surface area contributed by atoms with E-state index in [1.54, 1.807) is 18.2 Å². The summed E-state index contributed by atoms with van der Waals surface area (Å²) >= 11 is 0. The highest BCUT2D eigenvalue weighted by atomic mass is 32.2. The maximum Gasteiger partial charge on any atom is 0.175 e. The lowest BCUT2D eigenvalue weighted by Crippen LogP contribution is -2.36. The number of hydrogen-bond donors (Lipinski definition) is 1. The third-order valence-corrected chi connectivity index (χ3v) is 6.20. The molecule has 0 spiro atoms. The second kappa shape index (κ2) is 7.93. The first kappa shape index (κ1) is 19.5. The van der Waals surface area contributed by atoms with Crippen LogP contribution in [0, 0.1) is 0 Å². The number of aliphatic hydroxyl groups excluding tert-OH is 1. The summed E-state index contributed by atoms with van der Waals surface area (Å²) in [5, 5.41) is 9.83. The van der Waals surface area contributed by atoms with E-state index in [4.69, 9.17) is 9.97 Å². The van der Waals surface area contributed by atoms with Crippen molar-refractivity contribution in [3.63, 3.8) is 0 Å². The fourth-order valence-corrected chi connectivity index (χ4v) is 4.11. The number of aromatic nitrogens is 2. The Hall–Kier alpha value is -2.77. The van der Waals surface area contributed by atoms with Crippen LogP contribution in [-0.2, 0) is 9.84 Å². The van der Waals surface area contributed by atoms with Gasteiger partial charge in [0.05, 0.1) is 16.7 Å². The summed E-state index contributed by atoms with van der Waals surface area (Å²) in [7, 11) is -3.31. The van der Waals surface area contributed by atoms with Crippen molar-refractivity contribution in [1.82, 2.24) is 9.97 Å². The molecule has 1 saturated heterocycles. The molecule has 1 aliphatic heterocycles. The Kier molecular flexibility index (Phi) is 5.34. The smallest absolute Gasteiger partial charge is 0.175 e. The molecule has 2 heterocycles. The lowest BCUT2D eigenvalue weighted by molar-refractivity contribution is 0.145. The largest absolute Gasteiger partial charge is 0.393 e. The maximum atomic E-state index is 12.0. The third-order valence-electron chi connectivity index (χ3n) is 5.09. The van der Waals surface area contributed by atoms with Crippen LogP contribution in [0.2, 0.25) is 0 Å². The molecular weight excluding hydrogens is 386 g/mol. The van der Waals surface area contributed by atoms with E-state index in [1.807, 2.05) is 42.5 Å². The molecule has 29 heavy (non-hydrogen) atoms. The number of benzene rings is 2. The van der Waals surface area contributed by atoms with E-state index in [1.165, 1.54) is 6.26 Å². The van der Waals surface area contributed by atoms with Gasteiger partial charge >= 0.3 is 0 Å². The molecule has 1 N–H and O–H groups in total. The van der Waals surface area contributed by atoms with Gasteiger partial charge in [0.2, 0.25) is 0 Å². The Balaban J connectivity index is 1.82. The van der Waals surface area contributed by atoms with Crippen LogP contribution in [-0.4, -0.2) is 48.9 Å². The minimum absolute atomic E-state index is 0.262. The summed E-state index contributed by atoms with van der Waals surface area (Å²) < 4.78 is 24.0. The van der Waals surface area contributed by atoms with Crippen molar-refractivity contribution in [1.29, 1.82) is 0 Å². The van der Waals surface area contributed by atoms with E-state index in [2.05, 4.69) is 4.90 Å². The summed E-state index contributed by atoms with van der Waals surface area (Å²) in [4.78, 5) is 11.9. The highest BCUT2D eigenvalue weighted by Crippen LogP contribution is 2.28. The average molecular weight is 410 g/mol. The first-order valence-corrected chi connectivity index (χ1v) is 11.5. The zero-order chi connectivity index (χ0) is 20.4. The fraction of sp³-hybridized carbons (Fsp3) is 0.273. The number of piperidine rings is 1. The Labute approximate surface area is 170 Å². The van der Waals surface area contributed by atoms with Crippen molar-refractivity contribution in [3.8, 4) is 22.6 Å². The predicted molar refractivity (Wildman–Crippen MR) is 113 cm³/mol. The van der Waals surface area contributed by atoms with Crippen LogP contribution in [0.1, 0.15) is 12.8 Å². The minimum atomic E-state index is -3.31. The fourth-order valence-electron chi connectivity index (χ4n) is 3.44. The number of sulfone groups is 1. The van der Waals surface area contributed by atoms with E-state index in [0.717, 1.165) is 30.0 Å². The van der Waals surface area contributed by atoms with Crippen molar-refractivity contribution in [3.05, 3.63) is 60.7 Å². The molecule has 7 heteroatoms. The molecular formula is C22H23N3O3S. The Morgan fingerprint density at radius 1 is 0.931 bits per heavy atom. The van der Waals surface area contributed by atoms with Gasteiger partial charge in [-0.2, -0.15) is 0 Å². The lowest BCUT2D eigenvalue weighted by Gasteiger charge is -2.31. The van der Waals surface area contributed by atoms with Gasteiger partial charge < -0.3 is 10.0 Å². The topological polar surface area (TPSA) is 83.4 Å².